The molecule has 1 aliphatic heterocycles. The molecule has 1 aliphatic rings. The van der Waals surface area contributed by atoms with Crippen LogP contribution in [0.15, 0.2) is 17.3 Å². The molecule has 2 rings (SSSR count). The fourth-order valence-corrected chi connectivity index (χ4v) is 3.12. The first kappa shape index (κ1) is 18.2. The minimum atomic E-state index is 0. The summed E-state index contributed by atoms with van der Waals surface area (Å²) in [7, 11) is 7.91. The number of hydrogen-bond acceptors (Lipinski definition) is 3. The van der Waals surface area contributed by atoms with Crippen LogP contribution in [0.25, 0.3) is 0 Å². The Labute approximate surface area is 144 Å². The number of guanidine groups is 1. The number of likely N-dealkylation sites (tertiary alicyclic amines) is 1. The summed E-state index contributed by atoms with van der Waals surface area (Å²) in [6.07, 6.45) is 4.36. The van der Waals surface area contributed by atoms with Gasteiger partial charge in [0.15, 0.2) is 5.96 Å². The Kier molecular flexibility index (Phi) is 7.44. The maximum absolute atomic E-state index is 4.32. The van der Waals surface area contributed by atoms with Crippen molar-refractivity contribution < 1.29 is 0 Å². The molecule has 1 fully saturated rings. The Morgan fingerprint density at radius 1 is 1.48 bits per heavy atom. The molecule has 120 valence electrons. The van der Waals surface area contributed by atoms with Gasteiger partial charge < -0.3 is 10.6 Å². The topological polar surface area (TPSA) is 57.5 Å². The van der Waals surface area contributed by atoms with Crippen LogP contribution < -0.4 is 10.6 Å². The number of piperidine rings is 1. The summed E-state index contributed by atoms with van der Waals surface area (Å²) in [5.74, 6) is 1.41. The van der Waals surface area contributed by atoms with Crippen LogP contribution in [-0.2, 0) is 7.05 Å². The quantitative estimate of drug-likeness (QED) is 0.450. The maximum Gasteiger partial charge on any atom is 0.190 e. The van der Waals surface area contributed by atoms with Crippen molar-refractivity contribution in [1.29, 1.82) is 0 Å². The van der Waals surface area contributed by atoms with Crippen LogP contribution in [0.1, 0.15) is 24.6 Å². The van der Waals surface area contributed by atoms with Crippen molar-refractivity contribution in [3.63, 3.8) is 0 Å². The zero-order chi connectivity index (χ0) is 14.5. The molecular formula is C14H27IN6. The highest BCUT2D eigenvalue weighted by atomic mass is 127. The first-order chi connectivity index (χ1) is 9.67. The SMILES string of the molecule is CN=C(NC)NC[C@@H]1CCCN(C)[C@H]1c1ccnn1C.I. The van der Waals surface area contributed by atoms with E-state index in [1.54, 1.807) is 7.05 Å². The van der Waals surface area contributed by atoms with Gasteiger partial charge in [0.05, 0.1) is 11.7 Å². The van der Waals surface area contributed by atoms with Crippen molar-refractivity contribution in [2.45, 2.75) is 18.9 Å². The van der Waals surface area contributed by atoms with E-state index < -0.39 is 0 Å². The number of hydrogen-bond donors (Lipinski definition) is 2. The lowest BCUT2D eigenvalue weighted by Gasteiger charge is -2.39. The molecule has 0 amide bonds. The van der Waals surface area contributed by atoms with Gasteiger partial charge in [0.2, 0.25) is 0 Å². The number of aliphatic imine (C=N–C) groups is 1. The van der Waals surface area contributed by atoms with Crippen LogP contribution in [0.2, 0.25) is 0 Å². The van der Waals surface area contributed by atoms with E-state index in [1.165, 1.54) is 18.5 Å². The fraction of sp³-hybridized carbons (Fsp3) is 0.714. The molecule has 21 heavy (non-hydrogen) atoms. The summed E-state index contributed by atoms with van der Waals surface area (Å²) in [4.78, 5) is 6.62. The molecule has 1 aromatic heterocycles. The summed E-state index contributed by atoms with van der Waals surface area (Å²) in [5.41, 5.74) is 1.29. The second-order valence-electron chi connectivity index (χ2n) is 5.41. The Morgan fingerprint density at radius 2 is 2.24 bits per heavy atom. The summed E-state index contributed by atoms with van der Waals surface area (Å²) < 4.78 is 1.99. The Hall–Kier alpha value is -0.830. The number of rotatable bonds is 3. The lowest BCUT2D eigenvalue weighted by atomic mass is 9.87. The second kappa shape index (κ2) is 8.57. The standard InChI is InChI=1S/C14H26N6.HI/c1-15-14(16-2)17-10-11-6-5-9-19(3)13(11)12-7-8-18-20(12)4;/h7-8,11,13H,5-6,9-10H2,1-4H3,(H2,15,16,17);1H/t11-,13+;/m0./s1. The van der Waals surface area contributed by atoms with Gasteiger partial charge in [0, 0.05) is 33.9 Å². The Morgan fingerprint density at radius 3 is 2.81 bits per heavy atom. The Balaban J connectivity index is 0.00000220. The number of halogens is 1. The van der Waals surface area contributed by atoms with Gasteiger partial charge in [0.25, 0.3) is 0 Å². The highest BCUT2D eigenvalue weighted by Gasteiger charge is 2.32. The number of aromatic nitrogens is 2. The second-order valence-corrected chi connectivity index (χ2v) is 5.41. The normalized spacial score (nSPS) is 23.5. The minimum Gasteiger partial charge on any atom is -0.359 e. The van der Waals surface area contributed by atoms with E-state index in [2.05, 4.69) is 38.7 Å². The average Bonchev–Trinajstić information content (AvgIpc) is 2.86. The third kappa shape index (κ3) is 4.32. The van der Waals surface area contributed by atoms with E-state index in [-0.39, 0.29) is 24.0 Å². The molecule has 0 spiro atoms. The van der Waals surface area contributed by atoms with E-state index in [9.17, 15) is 0 Å². The van der Waals surface area contributed by atoms with Gasteiger partial charge in [-0.05, 0) is 38.4 Å². The molecule has 0 aliphatic carbocycles. The summed E-state index contributed by atoms with van der Waals surface area (Å²) in [6.45, 7) is 2.07. The maximum atomic E-state index is 4.32. The van der Waals surface area contributed by atoms with Gasteiger partial charge in [-0.3, -0.25) is 14.6 Å². The first-order valence-corrected chi connectivity index (χ1v) is 7.24. The third-order valence-electron chi connectivity index (χ3n) is 4.16. The number of aryl methyl sites for hydroxylation is 1. The number of nitrogens with zero attached hydrogens (tertiary/aromatic N) is 4. The number of nitrogens with one attached hydrogen (secondary N) is 2. The molecule has 6 nitrogen and oxygen atoms in total. The lowest BCUT2D eigenvalue weighted by Crippen LogP contribution is -2.44. The fourth-order valence-electron chi connectivity index (χ4n) is 3.12. The molecule has 0 aromatic carbocycles. The monoisotopic (exact) mass is 406 g/mol. The van der Waals surface area contributed by atoms with Crippen molar-refractivity contribution in [3.8, 4) is 0 Å². The van der Waals surface area contributed by atoms with Crippen LogP contribution in [-0.4, -0.2) is 54.9 Å². The summed E-state index contributed by atoms with van der Waals surface area (Å²) in [5, 5.41) is 10.8. The van der Waals surface area contributed by atoms with E-state index >= 15 is 0 Å². The van der Waals surface area contributed by atoms with Gasteiger partial charge in [-0.1, -0.05) is 0 Å². The molecule has 0 bridgehead atoms. The molecule has 0 radical (unpaired) electrons. The van der Waals surface area contributed by atoms with Crippen LogP contribution in [0.5, 0.6) is 0 Å². The molecule has 2 atom stereocenters. The van der Waals surface area contributed by atoms with Crippen molar-refractivity contribution in [2.24, 2.45) is 18.0 Å². The van der Waals surface area contributed by atoms with E-state index in [0.29, 0.717) is 12.0 Å². The van der Waals surface area contributed by atoms with Gasteiger partial charge in [-0.2, -0.15) is 5.10 Å². The highest BCUT2D eigenvalue weighted by Crippen LogP contribution is 2.34. The van der Waals surface area contributed by atoms with Crippen LogP contribution >= 0.6 is 24.0 Å². The zero-order valence-corrected chi connectivity index (χ0v) is 15.7. The van der Waals surface area contributed by atoms with Gasteiger partial charge in [-0.15, -0.1) is 24.0 Å². The Bertz CT molecular complexity index is 458. The largest absolute Gasteiger partial charge is 0.359 e. The van der Waals surface area contributed by atoms with Gasteiger partial charge >= 0.3 is 0 Å². The highest BCUT2D eigenvalue weighted by molar-refractivity contribution is 14.0. The summed E-state index contributed by atoms with van der Waals surface area (Å²) in [6, 6.07) is 2.55. The molecule has 0 unspecified atom stereocenters. The van der Waals surface area contributed by atoms with Crippen molar-refractivity contribution in [2.75, 3.05) is 34.2 Å². The predicted molar refractivity (Wildman–Crippen MR) is 97.1 cm³/mol. The van der Waals surface area contributed by atoms with Gasteiger partial charge in [0.1, 0.15) is 0 Å². The molecular weight excluding hydrogens is 379 g/mol. The van der Waals surface area contributed by atoms with E-state index in [4.69, 9.17) is 0 Å². The zero-order valence-electron chi connectivity index (χ0n) is 13.3. The van der Waals surface area contributed by atoms with E-state index in [0.717, 1.165) is 19.0 Å². The third-order valence-corrected chi connectivity index (χ3v) is 4.16. The minimum absolute atomic E-state index is 0. The van der Waals surface area contributed by atoms with Crippen LogP contribution in [0, 0.1) is 5.92 Å². The van der Waals surface area contributed by atoms with E-state index in [1.807, 2.05) is 25.0 Å². The molecule has 1 aromatic rings. The molecule has 1 saturated heterocycles. The van der Waals surface area contributed by atoms with Crippen molar-refractivity contribution in [1.82, 2.24) is 25.3 Å². The van der Waals surface area contributed by atoms with Crippen LogP contribution in [0.3, 0.4) is 0 Å². The smallest absolute Gasteiger partial charge is 0.190 e. The molecule has 7 heteroatoms. The lowest BCUT2D eigenvalue weighted by molar-refractivity contribution is 0.116. The molecule has 2 heterocycles. The average molecular weight is 406 g/mol. The predicted octanol–water partition coefficient (Wildman–Crippen LogP) is 1.22. The molecule has 2 N–H and O–H groups in total. The summed E-state index contributed by atoms with van der Waals surface area (Å²) >= 11 is 0. The van der Waals surface area contributed by atoms with Gasteiger partial charge in [-0.25, -0.2) is 0 Å². The van der Waals surface area contributed by atoms with Crippen molar-refractivity contribution in [3.05, 3.63) is 18.0 Å². The van der Waals surface area contributed by atoms with Crippen molar-refractivity contribution >= 4 is 29.9 Å². The van der Waals surface area contributed by atoms with Crippen LogP contribution in [0.4, 0.5) is 0 Å². The molecule has 0 saturated carbocycles. The first-order valence-electron chi connectivity index (χ1n) is 7.24.